The molecule has 0 fully saturated rings. The number of hydrogen-bond acceptors (Lipinski definition) is 4. The van der Waals surface area contributed by atoms with E-state index in [0.717, 1.165) is 18.4 Å². The van der Waals surface area contributed by atoms with E-state index in [0.29, 0.717) is 29.1 Å². The number of benzene rings is 2. The molecule has 0 amide bonds. The highest BCUT2D eigenvalue weighted by Gasteiger charge is 2.48. The van der Waals surface area contributed by atoms with Crippen LogP contribution in [0.4, 0.5) is 0 Å². The van der Waals surface area contributed by atoms with Crippen molar-refractivity contribution in [2.75, 3.05) is 12.9 Å². The lowest BCUT2D eigenvalue weighted by atomic mass is 9.69. The van der Waals surface area contributed by atoms with E-state index in [1.165, 1.54) is 0 Å². The maximum Gasteiger partial charge on any atom is 0.179 e. The van der Waals surface area contributed by atoms with Crippen molar-refractivity contribution in [1.29, 1.82) is 0 Å². The molecular weight excluding hydrogens is 372 g/mol. The van der Waals surface area contributed by atoms with Gasteiger partial charge in [0.1, 0.15) is 5.75 Å². The maximum atomic E-state index is 13.4. The summed E-state index contributed by atoms with van der Waals surface area (Å²) in [5.74, 6) is 0.153. The predicted octanol–water partition coefficient (Wildman–Crippen LogP) is 4.56. The van der Waals surface area contributed by atoms with Crippen LogP contribution >= 0.6 is 0 Å². The molecule has 5 heteroatoms. The summed E-state index contributed by atoms with van der Waals surface area (Å²) in [7, 11) is -1.98. The van der Waals surface area contributed by atoms with E-state index < -0.39 is 27.3 Å². The number of aliphatic hydroxyl groups excluding tert-OH is 1. The Morgan fingerprint density at radius 2 is 1.86 bits per heavy atom. The fourth-order valence-corrected chi connectivity index (χ4v) is 6.76. The van der Waals surface area contributed by atoms with Crippen LogP contribution in [0.5, 0.6) is 5.75 Å². The zero-order valence-corrected chi connectivity index (χ0v) is 17.7. The number of hydrogen-bond donors (Lipinski definition) is 1. The van der Waals surface area contributed by atoms with Gasteiger partial charge in [0.25, 0.3) is 0 Å². The van der Waals surface area contributed by atoms with Gasteiger partial charge in [0.15, 0.2) is 9.84 Å². The lowest BCUT2D eigenvalue weighted by Gasteiger charge is -2.39. The van der Waals surface area contributed by atoms with Crippen LogP contribution in [-0.2, 0) is 9.84 Å². The van der Waals surface area contributed by atoms with Crippen LogP contribution in [-0.4, -0.2) is 32.5 Å². The fourth-order valence-electron chi connectivity index (χ4n) is 4.50. The second kappa shape index (κ2) is 8.26. The molecule has 1 heterocycles. The molecule has 1 unspecified atom stereocenters. The largest absolute Gasteiger partial charge is 0.497 e. The first kappa shape index (κ1) is 20.9. The van der Waals surface area contributed by atoms with E-state index in [2.05, 4.69) is 6.92 Å². The molecule has 0 bridgehead atoms. The zero-order valence-electron chi connectivity index (χ0n) is 16.9. The maximum absolute atomic E-state index is 13.4. The Balaban J connectivity index is 2.29. The van der Waals surface area contributed by atoms with E-state index in [-0.39, 0.29) is 5.75 Å². The Hall–Kier alpha value is -1.85. The molecule has 1 N–H and O–H groups in total. The smallest absolute Gasteiger partial charge is 0.179 e. The van der Waals surface area contributed by atoms with Crippen molar-refractivity contribution in [2.45, 2.75) is 56.4 Å². The molecule has 0 saturated carbocycles. The molecule has 0 spiro atoms. The van der Waals surface area contributed by atoms with Gasteiger partial charge in [-0.05, 0) is 42.2 Å². The Kier molecular flexibility index (Phi) is 6.15. The van der Waals surface area contributed by atoms with Gasteiger partial charge in [-0.2, -0.15) is 0 Å². The van der Waals surface area contributed by atoms with Gasteiger partial charge < -0.3 is 9.84 Å². The minimum Gasteiger partial charge on any atom is -0.497 e. The zero-order chi connectivity index (χ0) is 20.4. The fraction of sp³-hybridized carbons (Fsp3) is 0.478. The van der Waals surface area contributed by atoms with Crippen LogP contribution in [0.25, 0.3) is 0 Å². The molecule has 152 valence electrons. The van der Waals surface area contributed by atoms with Crippen molar-refractivity contribution in [3.8, 4) is 5.75 Å². The van der Waals surface area contributed by atoms with Gasteiger partial charge in [0.05, 0.1) is 23.9 Å². The molecular formula is C23H30O4S. The highest BCUT2D eigenvalue weighted by Crippen LogP contribution is 2.49. The van der Waals surface area contributed by atoms with Crippen molar-refractivity contribution in [2.24, 2.45) is 5.41 Å². The molecule has 3 atom stereocenters. The summed E-state index contributed by atoms with van der Waals surface area (Å²) >= 11 is 0. The van der Waals surface area contributed by atoms with Gasteiger partial charge in [0, 0.05) is 11.3 Å². The average molecular weight is 403 g/mol. The number of ether oxygens (including phenoxy) is 1. The van der Waals surface area contributed by atoms with Crippen LogP contribution in [0.1, 0.15) is 56.6 Å². The third-order valence-electron chi connectivity index (χ3n) is 6.20. The molecule has 28 heavy (non-hydrogen) atoms. The summed E-state index contributed by atoms with van der Waals surface area (Å²) < 4.78 is 32.2. The van der Waals surface area contributed by atoms with Crippen molar-refractivity contribution < 1.29 is 18.3 Å². The lowest BCUT2D eigenvalue weighted by Crippen LogP contribution is -2.42. The first-order valence-corrected chi connectivity index (χ1v) is 11.7. The van der Waals surface area contributed by atoms with Crippen LogP contribution in [0.15, 0.2) is 53.4 Å². The van der Waals surface area contributed by atoms with Gasteiger partial charge in [-0.1, -0.05) is 57.0 Å². The highest BCUT2D eigenvalue weighted by molar-refractivity contribution is 7.91. The monoisotopic (exact) mass is 402 g/mol. The molecule has 0 saturated heterocycles. The van der Waals surface area contributed by atoms with E-state index in [1.807, 2.05) is 37.3 Å². The van der Waals surface area contributed by atoms with Crippen molar-refractivity contribution >= 4 is 9.84 Å². The van der Waals surface area contributed by atoms with Gasteiger partial charge in [-0.25, -0.2) is 8.42 Å². The molecule has 0 radical (unpaired) electrons. The number of methoxy groups -OCH3 is 1. The van der Waals surface area contributed by atoms with Crippen LogP contribution < -0.4 is 4.74 Å². The van der Waals surface area contributed by atoms with Crippen molar-refractivity contribution in [3.05, 3.63) is 59.7 Å². The standard InChI is InChI=1S/C23H30O4S/c1-4-6-14-23(5-2)16-28(25,26)20-13-12-18(27-3)15-19(20)21(22(23)24)17-10-8-7-9-11-17/h7-13,15,21-22,24H,4-6,14,16H2,1-3H3/t21?,22-,23-/m1/s1. The third kappa shape index (κ3) is 3.70. The Morgan fingerprint density at radius 3 is 2.46 bits per heavy atom. The molecule has 2 aromatic rings. The number of fused-ring (bicyclic) bond motifs is 1. The molecule has 0 aromatic heterocycles. The summed E-state index contributed by atoms with van der Waals surface area (Å²) in [5, 5.41) is 11.7. The van der Waals surface area contributed by atoms with E-state index in [1.54, 1.807) is 25.3 Å². The van der Waals surface area contributed by atoms with E-state index >= 15 is 0 Å². The van der Waals surface area contributed by atoms with Crippen molar-refractivity contribution in [3.63, 3.8) is 0 Å². The second-order valence-electron chi connectivity index (χ2n) is 7.82. The first-order valence-electron chi connectivity index (χ1n) is 10.0. The number of sulfone groups is 1. The van der Waals surface area contributed by atoms with Gasteiger partial charge in [-0.15, -0.1) is 0 Å². The number of aliphatic hydroxyl groups is 1. The van der Waals surface area contributed by atoms with Gasteiger partial charge >= 0.3 is 0 Å². The van der Waals surface area contributed by atoms with Crippen LogP contribution in [0, 0.1) is 5.41 Å². The topological polar surface area (TPSA) is 63.6 Å². The second-order valence-corrected chi connectivity index (χ2v) is 9.77. The van der Waals surface area contributed by atoms with Crippen LogP contribution in [0.3, 0.4) is 0 Å². The van der Waals surface area contributed by atoms with Crippen molar-refractivity contribution in [1.82, 2.24) is 0 Å². The lowest BCUT2D eigenvalue weighted by molar-refractivity contribution is 0.0174. The average Bonchev–Trinajstić information content (AvgIpc) is 2.78. The predicted molar refractivity (Wildman–Crippen MR) is 112 cm³/mol. The summed E-state index contributed by atoms with van der Waals surface area (Å²) in [5.41, 5.74) is 0.877. The Bertz CT molecular complexity index is 907. The summed E-state index contributed by atoms with van der Waals surface area (Å²) in [6, 6.07) is 14.8. The van der Waals surface area contributed by atoms with E-state index in [4.69, 9.17) is 4.74 Å². The molecule has 3 rings (SSSR count). The van der Waals surface area contributed by atoms with Gasteiger partial charge in [0.2, 0.25) is 0 Å². The first-order chi connectivity index (χ1) is 13.4. The Labute approximate surface area is 168 Å². The van der Waals surface area contributed by atoms with E-state index in [9.17, 15) is 13.5 Å². The minimum absolute atomic E-state index is 0.0275. The quantitative estimate of drug-likeness (QED) is 0.769. The van der Waals surface area contributed by atoms with Gasteiger partial charge in [-0.3, -0.25) is 0 Å². The molecule has 4 nitrogen and oxygen atoms in total. The molecule has 0 aliphatic carbocycles. The summed E-state index contributed by atoms with van der Waals surface area (Å²) in [6.07, 6.45) is 2.36. The SMILES string of the molecule is CCCC[C@]1(CC)CS(=O)(=O)c2ccc(OC)cc2C(c2ccccc2)[C@H]1O. The number of rotatable bonds is 6. The highest BCUT2D eigenvalue weighted by atomic mass is 32.2. The molecule has 2 aromatic carbocycles. The number of unbranched alkanes of at least 4 members (excludes halogenated alkanes) is 1. The molecule has 1 aliphatic heterocycles. The van der Waals surface area contributed by atoms with Crippen LogP contribution in [0.2, 0.25) is 0 Å². The summed E-state index contributed by atoms with van der Waals surface area (Å²) in [6.45, 7) is 4.09. The minimum atomic E-state index is -3.54. The molecule has 1 aliphatic rings. The third-order valence-corrected chi connectivity index (χ3v) is 8.20. The summed E-state index contributed by atoms with van der Waals surface area (Å²) in [4.78, 5) is 0.313. The normalized spacial score (nSPS) is 26.3. The Morgan fingerprint density at radius 1 is 1.14 bits per heavy atom.